The quantitative estimate of drug-likeness (QED) is 0.677. The molecule has 6 nitrogen and oxygen atoms in total. The molecule has 1 saturated heterocycles. The van der Waals surface area contributed by atoms with Crippen LogP contribution in [0.2, 0.25) is 0 Å². The SMILES string of the molecule is Cc1cc(N2CCCC(O)C2)c2cccc([N+](=O)[O-])c2n1. The molecule has 21 heavy (non-hydrogen) atoms. The van der Waals surface area contributed by atoms with Crippen molar-refractivity contribution in [3.05, 3.63) is 40.1 Å². The number of fused-ring (bicyclic) bond motifs is 1. The first kappa shape index (κ1) is 13.8. The smallest absolute Gasteiger partial charge is 0.295 e. The van der Waals surface area contributed by atoms with E-state index >= 15 is 0 Å². The molecular formula is C15H17N3O3. The molecule has 0 amide bonds. The van der Waals surface area contributed by atoms with Crippen molar-refractivity contribution in [2.75, 3.05) is 18.0 Å². The van der Waals surface area contributed by atoms with Gasteiger partial charge in [-0.25, -0.2) is 4.98 Å². The number of hydrogen-bond acceptors (Lipinski definition) is 5. The summed E-state index contributed by atoms with van der Waals surface area (Å²) in [7, 11) is 0. The number of aliphatic hydroxyl groups is 1. The van der Waals surface area contributed by atoms with Gasteiger partial charge in [-0.2, -0.15) is 0 Å². The highest BCUT2D eigenvalue weighted by Gasteiger charge is 2.22. The number of aliphatic hydroxyl groups excluding tert-OH is 1. The molecule has 6 heteroatoms. The maximum atomic E-state index is 11.2. The Kier molecular flexibility index (Phi) is 3.47. The van der Waals surface area contributed by atoms with Crippen LogP contribution < -0.4 is 4.90 Å². The number of piperidine rings is 1. The second kappa shape index (κ2) is 5.29. The summed E-state index contributed by atoms with van der Waals surface area (Å²) in [6, 6.07) is 6.94. The van der Waals surface area contributed by atoms with Gasteiger partial charge in [-0.15, -0.1) is 0 Å². The minimum Gasteiger partial charge on any atom is -0.391 e. The zero-order chi connectivity index (χ0) is 15.0. The van der Waals surface area contributed by atoms with E-state index in [2.05, 4.69) is 9.88 Å². The Labute approximate surface area is 122 Å². The van der Waals surface area contributed by atoms with E-state index < -0.39 is 4.92 Å². The molecule has 1 fully saturated rings. The number of pyridine rings is 1. The Balaban J connectivity index is 2.18. The number of benzene rings is 1. The normalized spacial score (nSPS) is 19.0. The molecular weight excluding hydrogens is 270 g/mol. The summed E-state index contributed by atoms with van der Waals surface area (Å²) < 4.78 is 0. The van der Waals surface area contributed by atoms with E-state index in [1.54, 1.807) is 6.07 Å². The van der Waals surface area contributed by atoms with Crippen molar-refractivity contribution in [1.82, 2.24) is 4.98 Å². The summed E-state index contributed by atoms with van der Waals surface area (Å²) >= 11 is 0. The Morgan fingerprint density at radius 1 is 1.48 bits per heavy atom. The Bertz CT molecular complexity index is 702. The van der Waals surface area contributed by atoms with Gasteiger partial charge in [0, 0.05) is 35.9 Å². The fraction of sp³-hybridized carbons (Fsp3) is 0.400. The third-order valence-corrected chi connectivity index (χ3v) is 3.86. The molecule has 1 aromatic carbocycles. The molecule has 3 rings (SSSR count). The zero-order valence-corrected chi connectivity index (χ0v) is 11.8. The van der Waals surface area contributed by atoms with E-state index in [9.17, 15) is 15.2 Å². The van der Waals surface area contributed by atoms with Crippen molar-refractivity contribution in [3.8, 4) is 0 Å². The van der Waals surface area contributed by atoms with E-state index in [0.29, 0.717) is 12.1 Å². The topological polar surface area (TPSA) is 79.5 Å². The van der Waals surface area contributed by atoms with Gasteiger partial charge in [0.15, 0.2) is 5.52 Å². The Morgan fingerprint density at radius 2 is 2.29 bits per heavy atom. The Morgan fingerprint density at radius 3 is 3.00 bits per heavy atom. The van der Waals surface area contributed by atoms with Crippen LogP contribution in [0.5, 0.6) is 0 Å². The Hall–Kier alpha value is -2.21. The van der Waals surface area contributed by atoms with Gasteiger partial charge in [-0.05, 0) is 25.8 Å². The lowest BCUT2D eigenvalue weighted by atomic mass is 10.0. The van der Waals surface area contributed by atoms with Crippen molar-refractivity contribution < 1.29 is 10.0 Å². The van der Waals surface area contributed by atoms with E-state index in [4.69, 9.17) is 0 Å². The maximum Gasteiger partial charge on any atom is 0.295 e. The summed E-state index contributed by atoms with van der Waals surface area (Å²) in [6.07, 6.45) is 1.37. The summed E-state index contributed by atoms with van der Waals surface area (Å²) in [5.41, 5.74) is 2.10. The van der Waals surface area contributed by atoms with Gasteiger partial charge in [0.25, 0.3) is 5.69 Å². The molecule has 0 bridgehead atoms. The number of aromatic nitrogens is 1. The lowest BCUT2D eigenvalue weighted by molar-refractivity contribution is -0.383. The lowest BCUT2D eigenvalue weighted by Gasteiger charge is -2.32. The van der Waals surface area contributed by atoms with E-state index in [1.165, 1.54) is 6.07 Å². The summed E-state index contributed by atoms with van der Waals surface area (Å²) in [4.78, 5) is 17.2. The monoisotopic (exact) mass is 287 g/mol. The molecule has 1 N–H and O–H groups in total. The molecule has 0 aliphatic carbocycles. The molecule has 2 heterocycles. The number of hydrogen-bond donors (Lipinski definition) is 1. The summed E-state index contributed by atoms with van der Waals surface area (Å²) in [5.74, 6) is 0. The second-order valence-corrected chi connectivity index (χ2v) is 5.46. The van der Waals surface area contributed by atoms with Crippen LogP contribution in [0.15, 0.2) is 24.3 Å². The third kappa shape index (κ3) is 2.54. The fourth-order valence-electron chi connectivity index (χ4n) is 2.92. The standard InChI is InChI=1S/C15H17N3O3/c1-10-8-14(17-7-3-4-11(19)9-17)12-5-2-6-13(18(20)21)15(12)16-10/h2,5-6,8,11,19H,3-4,7,9H2,1H3. The average Bonchev–Trinajstić information content (AvgIpc) is 2.45. The lowest BCUT2D eigenvalue weighted by Crippen LogP contribution is -2.38. The summed E-state index contributed by atoms with van der Waals surface area (Å²) in [6.45, 7) is 3.24. The van der Waals surface area contributed by atoms with Crippen LogP contribution >= 0.6 is 0 Å². The first-order valence-corrected chi connectivity index (χ1v) is 7.04. The number of aryl methyl sites for hydroxylation is 1. The number of nitro groups is 1. The van der Waals surface area contributed by atoms with Crippen LogP contribution in [-0.2, 0) is 0 Å². The van der Waals surface area contributed by atoms with Crippen molar-refractivity contribution in [2.24, 2.45) is 0 Å². The first-order valence-electron chi connectivity index (χ1n) is 7.04. The highest BCUT2D eigenvalue weighted by molar-refractivity contribution is 5.97. The number of anilines is 1. The van der Waals surface area contributed by atoms with Crippen molar-refractivity contribution in [3.63, 3.8) is 0 Å². The van der Waals surface area contributed by atoms with Crippen LogP contribution in [0.25, 0.3) is 10.9 Å². The number of nitro benzene ring substituents is 1. The third-order valence-electron chi connectivity index (χ3n) is 3.86. The molecule has 110 valence electrons. The predicted molar refractivity (Wildman–Crippen MR) is 80.6 cm³/mol. The highest BCUT2D eigenvalue weighted by Crippen LogP contribution is 2.33. The molecule has 1 aliphatic rings. The largest absolute Gasteiger partial charge is 0.391 e. The number of β-amino-alcohol motifs (C(OH)–C–C–N with tert-alkyl or cyclic N) is 1. The summed E-state index contributed by atoms with van der Waals surface area (Å²) in [5, 5.41) is 21.8. The zero-order valence-electron chi connectivity index (χ0n) is 11.8. The van der Waals surface area contributed by atoms with Gasteiger partial charge in [0.05, 0.1) is 11.0 Å². The highest BCUT2D eigenvalue weighted by atomic mass is 16.6. The van der Waals surface area contributed by atoms with Gasteiger partial charge in [-0.3, -0.25) is 10.1 Å². The minimum atomic E-state index is -0.399. The minimum absolute atomic E-state index is 0.0232. The van der Waals surface area contributed by atoms with E-state index in [-0.39, 0.29) is 11.8 Å². The van der Waals surface area contributed by atoms with Crippen molar-refractivity contribution in [2.45, 2.75) is 25.9 Å². The van der Waals surface area contributed by atoms with Crippen LogP contribution in [0.4, 0.5) is 11.4 Å². The molecule has 1 unspecified atom stereocenters. The van der Waals surface area contributed by atoms with Crippen LogP contribution in [0, 0.1) is 17.0 Å². The van der Waals surface area contributed by atoms with Gasteiger partial charge >= 0.3 is 0 Å². The number of para-hydroxylation sites is 1. The predicted octanol–water partition coefficient (Wildman–Crippen LogP) is 2.41. The maximum absolute atomic E-state index is 11.2. The number of nitrogens with zero attached hydrogens (tertiary/aromatic N) is 3. The van der Waals surface area contributed by atoms with E-state index in [1.807, 2.05) is 19.1 Å². The van der Waals surface area contributed by atoms with Crippen LogP contribution in [0.3, 0.4) is 0 Å². The van der Waals surface area contributed by atoms with E-state index in [0.717, 1.165) is 36.2 Å². The molecule has 0 spiro atoms. The number of rotatable bonds is 2. The van der Waals surface area contributed by atoms with Crippen LogP contribution in [0.1, 0.15) is 18.5 Å². The van der Waals surface area contributed by atoms with Crippen molar-refractivity contribution >= 4 is 22.3 Å². The van der Waals surface area contributed by atoms with Crippen LogP contribution in [-0.4, -0.2) is 34.2 Å². The molecule has 0 saturated carbocycles. The molecule has 0 radical (unpaired) electrons. The first-order chi connectivity index (χ1) is 10.1. The molecule has 2 aromatic rings. The average molecular weight is 287 g/mol. The number of non-ortho nitro benzene ring substituents is 1. The second-order valence-electron chi connectivity index (χ2n) is 5.46. The fourth-order valence-corrected chi connectivity index (χ4v) is 2.92. The van der Waals surface area contributed by atoms with Crippen molar-refractivity contribution in [1.29, 1.82) is 0 Å². The van der Waals surface area contributed by atoms with Gasteiger partial charge < -0.3 is 10.0 Å². The van der Waals surface area contributed by atoms with Gasteiger partial charge in [0.1, 0.15) is 0 Å². The molecule has 1 atom stereocenters. The molecule has 1 aromatic heterocycles. The molecule has 1 aliphatic heterocycles. The van der Waals surface area contributed by atoms with Gasteiger partial charge in [-0.1, -0.05) is 12.1 Å². The van der Waals surface area contributed by atoms with Gasteiger partial charge in [0.2, 0.25) is 0 Å².